The summed E-state index contributed by atoms with van der Waals surface area (Å²) in [5.74, 6) is -0.347. The Morgan fingerprint density at radius 1 is 0.794 bits per heavy atom. The van der Waals surface area contributed by atoms with Gasteiger partial charge in [0, 0.05) is 37.6 Å². The summed E-state index contributed by atoms with van der Waals surface area (Å²) in [5, 5.41) is 5.94. The highest BCUT2D eigenvalue weighted by atomic mass is 16.2. The molecule has 0 spiro atoms. The lowest BCUT2D eigenvalue weighted by Crippen LogP contribution is -2.28. The van der Waals surface area contributed by atoms with Crippen molar-refractivity contribution in [3.05, 3.63) is 95.1 Å². The summed E-state index contributed by atoms with van der Waals surface area (Å²) in [6, 6.07) is 23.3. The second kappa shape index (κ2) is 12.6. The molecule has 0 saturated heterocycles. The van der Waals surface area contributed by atoms with Gasteiger partial charge in [-0.3, -0.25) is 9.59 Å². The Bertz CT molecular complexity index is 1080. The first-order valence-electron chi connectivity index (χ1n) is 12.0. The summed E-state index contributed by atoms with van der Waals surface area (Å²) in [7, 11) is 3.80. The minimum atomic E-state index is -0.187. The Kier molecular flexibility index (Phi) is 9.27. The highest BCUT2D eigenvalue weighted by molar-refractivity contribution is 6.06. The molecule has 0 aromatic heterocycles. The number of unbranched alkanes of at least 4 members (excludes halogenated alkanes) is 2. The van der Waals surface area contributed by atoms with Gasteiger partial charge in [0.1, 0.15) is 0 Å². The molecule has 2 N–H and O–H groups in total. The van der Waals surface area contributed by atoms with Crippen molar-refractivity contribution in [1.82, 2.24) is 5.32 Å². The van der Waals surface area contributed by atoms with Gasteiger partial charge < -0.3 is 15.5 Å². The van der Waals surface area contributed by atoms with E-state index in [9.17, 15) is 9.59 Å². The number of nitrogens with one attached hydrogen (secondary N) is 2. The van der Waals surface area contributed by atoms with Crippen molar-refractivity contribution in [3.8, 4) is 0 Å². The number of nitrogens with zero attached hydrogens (tertiary/aromatic N) is 1. The smallest absolute Gasteiger partial charge is 0.255 e. The fraction of sp³-hybridized carbons (Fsp3) is 0.310. The fourth-order valence-electron chi connectivity index (χ4n) is 3.85. The van der Waals surface area contributed by atoms with Gasteiger partial charge in [0.15, 0.2) is 0 Å². The van der Waals surface area contributed by atoms with Crippen LogP contribution >= 0.6 is 0 Å². The molecule has 0 fully saturated rings. The van der Waals surface area contributed by atoms with Gasteiger partial charge >= 0.3 is 0 Å². The molecule has 0 unspecified atom stereocenters. The van der Waals surface area contributed by atoms with Gasteiger partial charge in [-0.15, -0.1) is 0 Å². The molecule has 5 nitrogen and oxygen atoms in total. The van der Waals surface area contributed by atoms with Crippen molar-refractivity contribution in [2.45, 2.75) is 39.0 Å². The molecule has 0 bridgehead atoms. The van der Waals surface area contributed by atoms with Crippen LogP contribution in [-0.4, -0.2) is 32.5 Å². The van der Waals surface area contributed by atoms with Gasteiger partial charge in [-0.25, -0.2) is 0 Å². The summed E-state index contributed by atoms with van der Waals surface area (Å²) >= 11 is 0. The van der Waals surface area contributed by atoms with Gasteiger partial charge in [0.05, 0.1) is 5.56 Å². The van der Waals surface area contributed by atoms with Gasteiger partial charge in [0.2, 0.25) is 0 Å². The summed E-state index contributed by atoms with van der Waals surface area (Å²) < 4.78 is 0. The van der Waals surface area contributed by atoms with Crippen molar-refractivity contribution in [3.63, 3.8) is 0 Å². The molecule has 3 aromatic rings. The third kappa shape index (κ3) is 7.20. The Morgan fingerprint density at radius 2 is 1.50 bits per heavy atom. The van der Waals surface area contributed by atoms with Crippen LogP contribution in [0, 0.1) is 0 Å². The third-order valence-corrected chi connectivity index (χ3v) is 5.81. The molecule has 34 heavy (non-hydrogen) atoms. The zero-order valence-corrected chi connectivity index (χ0v) is 20.4. The largest absolute Gasteiger partial charge is 0.377 e. The van der Waals surface area contributed by atoms with Crippen LogP contribution in [0.1, 0.15) is 58.0 Å². The van der Waals surface area contributed by atoms with E-state index in [2.05, 4.69) is 17.6 Å². The minimum Gasteiger partial charge on any atom is -0.377 e. The molecule has 3 rings (SSSR count). The van der Waals surface area contributed by atoms with Crippen LogP contribution < -0.4 is 15.5 Å². The molecule has 178 valence electrons. The fourth-order valence-corrected chi connectivity index (χ4v) is 3.85. The van der Waals surface area contributed by atoms with Crippen LogP contribution in [-0.2, 0) is 12.8 Å². The second-order valence-corrected chi connectivity index (χ2v) is 8.73. The third-order valence-electron chi connectivity index (χ3n) is 5.81. The van der Waals surface area contributed by atoms with Crippen molar-refractivity contribution >= 4 is 23.2 Å². The van der Waals surface area contributed by atoms with Crippen molar-refractivity contribution in [1.29, 1.82) is 0 Å². The van der Waals surface area contributed by atoms with Crippen LogP contribution in [0.15, 0.2) is 72.8 Å². The van der Waals surface area contributed by atoms with E-state index in [0.29, 0.717) is 23.4 Å². The van der Waals surface area contributed by atoms with Crippen LogP contribution in [0.3, 0.4) is 0 Å². The number of amides is 2. The van der Waals surface area contributed by atoms with Gasteiger partial charge in [-0.05, 0) is 60.7 Å². The molecule has 0 aliphatic carbocycles. The number of benzene rings is 3. The lowest BCUT2D eigenvalue weighted by atomic mass is 10.0. The zero-order valence-electron chi connectivity index (χ0n) is 20.4. The van der Waals surface area contributed by atoms with E-state index in [-0.39, 0.29) is 11.8 Å². The summed E-state index contributed by atoms with van der Waals surface area (Å²) in [4.78, 5) is 27.7. The Labute approximate surface area is 203 Å². The molecule has 2 amide bonds. The van der Waals surface area contributed by atoms with E-state index in [0.717, 1.165) is 24.9 Å². The maximum absolute atomic E-state index is 13.0. The molecule has 0 saturated carbocycles. The first kappa shape index (κ1) is 25.0. The van der Waals surface area contributed by atoms with Crippen molar-refractivity contribution < 1.29 is 9.59 Å². The number of hydrogen-bond acceptors (Lipinski definition) is 3. The van der Waals surface area contributed by atoms with E-state index in [1.54, 1.807) is 6.07 Å². The SMILES string of the molecule is CCCCCc1ccc(C(=O)Nc2ccc(N(C)C)c(C(=O)NCCc3ccccc3)c2)cc1. The maximum atomic E-state index is 13.0. The molecule has 0 aliphatic heterocycles. The molecule has 3 aromatic carbocycles. The summed E-state index contributed by atoms with van der Waals surface area (Å²) in [6.07, 6.45) is 5.36. The Morgan fingerprint density at radius 3 is 2.18 bits per heavy atom. The molecule has 0 heterocycles. The molecule has 5 heteroatoms. The Balaban J connectivity index is 1.66. The minimum absolute atomic E-state index is 0.160. The Hall–Kier alpha value is -3.60. The highest BCUT2D eigenvalue weighted by Gasteiger charge is 2.15. The lowest BCUT2D eigenvalue weighted by Gasteiger charge is -2.18. The van der Waals surface area contributed by atoms with Crippen molar-refractivity contribution in [2.24, 2.45) is 0 Å². The van der Waals surface area contributed by atoms with Gasteiger partial charge in [-0.1, -0.05) is 62.2 Å². The van der Waals surface area contributed by atoms with Crippen molar-refractivity contribution in [2.75, 3.05) is 30.9 Å². The number of carbonyl (C=O) groups is 2. The quantitative estimate of drug-likeness (QED) is 0.363. The normalized spacial score (nSPS) is 10.6. The lowest BCUT2D eigenvalue weighted by molar-refractivity contribution is 0.0953. The van der Waals surface area contributed by atoms with Crippen LogP contribution in [0.2, 0.25) is 0 Å². The monoisotopic (exact) mass is 457 g/mol. The van der Waals surface area contributed by atoms with E-state index in [4.69, 9.17) is 0 Å². The molecular formula is C29H35N3O2. The average Bonchev–Trinajstić information content (AvgIpc) is 2.85. The summed E-state index contributed by atoms with van der Waals surface area (Å²) in [5.41, 5.74) is 4.94. The second-order valence-electron chi connectivity index (χ2n) is 8.73. The van der Waals surface area contributed by atoms with Crippen LogP contribution in [0.4, 0.5) is 11.4 Å². The summed E-state index contributed by atoms with van der Waals surface area (Å²) in [6.45, 7) is 2.73. The number of aryl methyl sites for hydroxylation is 1. The topological polar surface area (TPSA) is 61.4 Å². The molecule has 0 atom stereocenters. The average molecular weight is 458 g/mol. The van der Waals surface area contributed by atoms with Gasteiger partial charge in [-0.2, -0.15) is 0 Å². The van der Waals surface area contributed by atoms with E-state index < -0.39 is 0 Å². The predicted octanol–water partition coefficient (Wildman–Crippen LogP) is 5.71. The molecule has 0 aliphatic rings. The van der Waals surface area contributed by atoms with Crippen LogP contribution in [0.25, 0.3) is 0 Å². The van der Waals surface area contributed by atoms with Gasteiger partial charge in [0.25, 0.3) is 11.8 Å². The standard InChI is InChI=1S/C29H35N3O2/c1-4-5-7-10-23-13-15-24(16-14-23)28(33)31-25-17-18-27(32(2)3)26(21-25)29(34)30-20-19-22-11-8-6-9-12-22/h6,8-9,11-18,21H,4-5,7,10,19-20H2,1-3H3,(H,30,34)(H,31,33). The first-order valence-corrected chi connectivity index (χ1v) is 12.0. The highest BCUT2D eigenvalue weighted by Crippen LogP contribution is 2.23. The van der Waals surface area contributed by atoms with E-state index in [1.165, 1.54) is 24.0 Å². The van der Waals surface area contributed by atoms with Crippen LogP contribution in [0.5, 0.6) is 0 Å². The van der Waals surface area contributed by atoms with E-state index >= 15 is 0 Å². The van der Waals surface area contributed by atoms with E-state index in [1.807, 2.05) is 85.7 Å². The number of anilines is 2. The molecular weight excluding hydrogens is 422 g/mol. The maximum Gasteiger partial charge on any atom is 0.255 e. The number of hydrogen-bond donors (Lipinski definition) is 2. The molecule has 0 radical (unpaired) electrons. The number of rotatable bonds is 11. The number of carbonyl (C=O) groups excluding carboxylic acids is 2. The first-order chi connectivity index (χ1) is 16.5. The predicted molar refractivity (Wildman–Crippen MR) is 141 cm³/mol. The zero-order chi connectivity index (χ0) is 24.3.